The standard InChI is InChI=1S/C13H14N4/c1-8(2)10-5-9(12-3-4-14-16-12)6-13-11(10)7-15-17-13/h3-8H,1-2H3,(H,14,16)(H,15,17). The van der Waals surface area contributed by atoms with Crippen LogP contribution in [0.4, 0.5) is 0 Å². The van der Waals surface area contributed by atoms with Crippen molar-refractivity contribution in [2.75, 3.05) is 0 Å². The number of H-pyrrole nitrogens is 2. The third kappa shape index (κ3) is 1.62. The van der Waals surface area contributed by atoms with Gasteiger partial charge in [0.15, 0.2) is 0 Å². The first-order chi connectivity index (χ1) is 8.25. The molecule has 0 aliphatic heterocycles. The third-order valence-electron chi connectivity index (χ3n) is 3.02. The van der Waals surface area contributed by atoms with Crippen molar-refractivity contribution >= 4 is 10.9 Å². The summed E-state index contributed by atoms with van der Waals surface area (Å²) in [6, 6.07) is 6.28. The minimum absolute atomic E-state index is 0.470. The molecule has 0 spiro atoms. The lowest BCUT2D eigenvalue weighted by Crippen LogP contribution is -1.90. The minimum atomic E-state index is 0.470. The van der Waals surface area contributed by atoms with Gasteiger partial charge in [-0.3, -0.25) is 10.2 Å². The highest BCUT2D eigenvalue weighted by Gasteiger charge is 2.10. The van der Waals surface area contributed by atoms with Gasteiger partial charge in [-0.25, -0.2) is 0 Å². The van der Waals surface area contributed by atoms with Crippen LogP contribution in [0.3, 0.4) is 0 Å². The molecule has 86 valence electrons. The summed E-state index contributed by atoms with van der Waals surface area (Å²) in [6.45, 7) is 4.39. The molecule has 0 amide bonds. The normalized spacial score (nSPS) is 11.5. The number of aromatic nitrogens is 4. The average molecular weight is 226 g/mol. The predicted molar refractivity (Wildman–Crippen MR) is 67.8 cm³/mol. The van der Waals surface area contributed by atoms with Gasteiger partial charge in [0.25, 0.3) is 0 Å². The van der Waals surface area contributed by atoms with Gasteiger partial charge in [0, 0.05) is 17.1 Å². The Hall–Kier alpha value is -2.10. The van der Waals surface area contributed by atoms with Crippen LogP contribution in [0, 0.1) is 0 Å². The van der Waals surface area contributed by atoms with Crippen LogP contribution in [-0.2, 0) is 0 Å². The lowest BCUT2D eigenvalue weighted by atomic mass is 9.96. The zero-order valence-corrected chi connectivity index (χ0v) is 9.86. The first-order valence-electron chi connectivity index (χ1n) is 5.72. The predicted octanol–water partition coefficient (Wildman–Crippen LogP) is 3.08. The van der Waals surface area contributed by atoms with Crippen LogP contribution in [0.1, 0.15) is 25.3 Å². The fraction of sp³-hybridized carbons (Fsp3) is 0.231. The summed E-state index contributed by atoms with van der Waals surface area (Å²) >= 11 is 0. The molecule has 0 bridgehead atoms. The summed E-state index contributed by atoms with van der Waals surface area (Å²) < 4.78 is 0. The van der Waals surface area contributed by atoms with E-state index in [1.807, 2.05) is 12.3 Å². The van der Waals surface area contributed by atoms with Gasteiger partial charge < -0.3 is 0 Å². The Bertz CT molecular complexity index is 635. The maximum atomic E-state index is 4.12. The molecule has 0 saturated heterocycles. The van der Waals surface area contributed by atoms with Gasteiger partial charge in [0.1, 0.15) is 0 Å². The monoisotopic (exact) mass is 226 g/mol. The molecule has 0 radical (unpaired) electrons. The van der Waals surface area contributed by atoms with E-state index in [1.54, 1.807) is 6.20 Å². The Morgan fingerprint density at radius 3 is 2.71 bits per heavy atom. The van der Waals surface area contributed by atoms with Gasteiger partial charge in [-0.2, -0.15) is 10.2 Å². The van der Waals surface area contributed by atoms with E-state index in [-0.39, 0.29) is 0 Å². The molecule has 0 saturated carbocycles. The molecular formula is C13H14N4. The van der Waals surface area contributed by atoms with Crippen LogP contribution in [0.2, 0.25) is 0 Å². The Balaban J connectivity index is 2.27. The Labute approximate surface area is 99.1 Å². The molecule has 1 aromatic carbocycles. The van der Waals surface area contributed by atoms with Crippen LogP contribution < -0.4 is 0 Å². The van der Waals surface area contributed by atoms with Crippen molar-refractivity contribution in [2.24, 2.45) is 0 Å². The molecule has 2 heterocycles. The van der Waals surface area contributed by atoms with Crippen LogP contribution in [0.5, 0.6) is 0 Å². The van der Waals surface area contributed by atoms with Crippen LogP contribution >= 0.6 is 0 Å². The Morgan fingerprint density at radius 2 is 2.00 bits per heavy atom. The summed E-state index contributed by atoms with van der Waals surface area (Å²) in [4.78, 5) is 0. The van der Waals surface area contributed by atoms with Crippen molar-refractivity contribution in [3.63, 3.8) is 0 Å². The highest BCUT2D eigenvalue weighted by molar-refractivity contribution is 5.87. The average Bonchev–Trinajstić information content (AvgIpc) is 2.98. The minimum Gasteiger partial charge on any atom is -0.278 e. The third-order valence-corrected chi connectivity index (χ3v) is 3.02. The van der Waals surface area contributed by atoms with E-state index >= 15 is 0 Å². The largest absolute Gasteiger partial charge is 0.278 e. The summed E-state index contributed by atoms with van der Waals surface area (Å²) in [5.74, 6) is 0.470. The summed E-state index contributed by atoms with van der Waals surface area (Å²) in [7, 11) is 0. The van der Waals surface area contributed by atoms with Crippen LogP contribution in [0.25, 0.3) is 22.2 Å². The van der Waals surface area contributed by atoms with Gasteiger partial charge in [-0.1, -0.05) is 13.8 Å². The highest BCUT2D eigenvalue weighted by Crippen LogP contribution is 2.29. The summed E-state index contributed by atoms with van der Waals surface area (Å²) in [5, 5.41) is 15.3. The molecule has 0 aliphatic rings. The maximum Gasteiger partial charge on any atom is 0.0659 e. The molecule has 0 fully saturated rings. The fourth-order valence-electron chi connectivity index (χ4n) is 2.13. The number of rotatable bonds is 2. The Kier molecular flexibility index (Phi) is 2.21. The van der Waals surface area contributed by atoms with E-state index in [9.17, 15) is 0 Å². The summed E-state index contributed by atoms with van der Waals surface area (Å²) in [6.07, 6.45) is 3.66. The topological polar surface area (TPSA) is 57.4 Å². The number of nitrogens with one attached hydrogen (secondary N) is 2. The molecule has 2 N–H and O–H groups in total. The molecule has 2 aromatic heterocycles. The first kappa shape index (κ1) is 10.1. The second-order valence-corrected chi connectivity index (χ2v) is 4.52. The van der Waals surface area contributed by atoms with Crippen molar-refractivity contribution in [3.8, 4) is 11.3 Å². The SMILES string of the molecule is CC(C)c1cc(-c2ccn[nH]2)cc2[nH]ncc12. The number of hydrogen-bond acceptors (Lipinski definition) is 2. The Morgan fingerprint density at radius 1 is 1.12 bits per heavy atom. The molecule has 4 heteroatoms. The van der Waals surface area contributed by atoms with E-state index in [1.165, 1.54) is 10.9 Å². The molecule has 3 aromatic rings. The molecule has 0 atom stereocenters. The number of nitrogens with zero attached hydrogens (tertiary/aromatic N) is 2. The van der Waals surface area contributed by atoms with Gasteiger partial charge in [-0.05, 0) is 29.7 Å². The van der Waals surface area contributed by atoms with Crippen molar-refractivity contribution in [1.82, 2.24) is 20.4 Å². The number of hydrogen-bond donors (Lipinski definition) is 2. The maximum absolute atomic E-state index is 4.12. The zero-order valence-electron chi connectivity index (χ0n) is 9.86. The number of benzene rings is 1. The molecule has 4 nitrogen and oxygen atoms in total. The van der Waals surface area contributed by atoms with E-state index in [2.05, 4.69) is 46.4 Å². The second-order valence-electron chi connectivity index (χ2n) is 4.52. The molecular weight excluding hydrogens is 212 g/mol. The first-order valence-corrected chi connectivity index (χ1v) is 5.72. The molecule has 0 aliphatic carbocycles. The highest BCUT2D eigenvalue weighted by atomic mass is 15.1. The van der Waals surface area contributed by atoms with Crippen molar-refractivity contribution in [2.45, 2.75) is 19.8 Å². The smallest absolute Gasteiger partial charge is 0.0659 e. The summed E-state index contributed by atoms with van der Waals surface area (Å²) in [5.41, 5.74) is 4.55. The number of fused-ring (bicyclic) bond motifs is 1. The van der Waals surface area contributed by atoms with E-state index < -0.39 is 0 Å². The van der Waals surface area contributed by atoms with Crippen molar-refractivity contribution < 1.29 is 0 Å². The zero-order chi connectivity index (χ0) is 11.8. The second kappa shape index (κ2) is 3.73. The van der Waals surface area contributed by atoms with Gasteiger partial charge in [0.2, 0.25) is 0 Å². The van der Waals surface area contributed by atoms with E-state index in [0.29, 0.717) is 5.92 Å². The molecule has 0 unspecified atom stereocenters. The number of aromatic amines is 2. The van der Waals surface area contributed by atoms with Crippen molar-refractivity contribution in [1.29, 1.82) is 0 Å². The van der Waals surface area contributed by atoms with Crippen molar-refractivity contribution in [3.05, 3.63) is 36.2 Å². The van der Waals surface area contributed by atoms with Gasteiger partial charge >= 0.3 is 0 Å². The molecule has 3 rings (SSSR count). The van der Waals surface area contributed by atoms with Gasteiger partial charge in [0.05, 0.1) is 17.4 Å². The van der Waals surface area contributed by atoms with E-state index in [4.69, 9.17) is 0 Å². The molecule has 17 heavy (non-hydrogen) atoms. The van der Waals surface area contributed by atoms with Gasteiger partial charge in [-0.15, -0.1) is 0 Å². The lowest BCUT2D eigenvalue weighted by molar-refractivity contribution is 0.876. The van der Waals surface area contributed by atoms with E-state index in [0.717, 1.165) is 16.8 Å². The quantitative estimate of drug-likeness (QED) is 0.705. The van der Waals surface area contributed by atoms with Crippen LogP contribution in [0.15, 0.2) is 30.6 Å². The lowest BCUT2D eigenvalue weighted by Gasteiger charge is -2.09. The van der Waals surface area contributed by atoms with Crippen LogP contribution in [-0.4, -0.2) is 20.4 Å². The fourth-order valence-corrected chi connectivity index (χ4v) is 2.13.